The van der Waals surface area contributed by atoms with Crippen LogP contribution in [0, 0.1) is 0 Å². The average Bonchev–Trinajstić information content (AvgIpc) is 2.75. The van der Waals surface area contributed by atoms with Crippen LogP contribution in [0.15, 0.2) is 84.9 Å². The summed E-state index contributed by atoms with van der Waals surface area (Å²) in [5.41, 5.74) is 4.00. The van der Waals surface area contributed by atoms with E-state index in [1.165, 1.54) is 7.11 Å². The predicted molar refractivity (Wildman–Crippen MR) is 113 cm³/mol. The van der Waals surface area contributed by atoms with Crippen LogP contribution >= 0.6 is 11.6 Å². The summed E-state index contributed by atoms with van der Waals surface area (Å²) in [6.45, 7) is 0. The van der Waals surface area contributed by atoms with Crippen molar-refractivity contribution in [2.24, 2.45) is 0 Å². The van der Waals surface area contributed by atoms with E-state index in [9.17, 15) is 4.79 Å². The molecule has 4 rings (SSSR count). The Balaban J connectivity index is 1.89. The Labute approximate surface area is 169 Å². The van der Waals surface area contributed by atoms with E-state index in [0.29, 0.717) is 5.02 Å². The van der Waals surface area contributed by atoms with Gasteiger partial charge in [-0.15, -0.1) is 0 Å². The number of esters is 1. The molecular formula is C24H20ClNO2. The number of nitrogens with zero attached hydrogens (tertiary/aromatic N) is 1. The molecule has 0 bridgehead atoms. The van der Waals surface area contributed by atoms with Crippen LogP contribution in [0.1, 0.15) is 28.8 Å². The van der Waals surface area contributed by atoms with Gasteiger partial charge in [0.2, 0.25) is 0 Å². The lowest BCUT2D eigenvalue weighted by atomic mass is 9.93. The van der Waals surface area contributed by atoms with Gasteiger partial charge in [-0.25, -0.2) is 4.79 Å². The zero-order valence-corrected chi connectivity index (χ0v) is 16.2. The first kappa shape index (κ1) is 18.3. The lowest BCUT2D eigenvalue weighted by Crippen LogP contribution is -2.39. The van der Waals surface area contributed by atoms with E-state index in [0.717, 1.165) is 22.4 Å². The van der Waals surface area contributed by atoms with Crippen molar-refractivity contribution in [2.45, 2.75) is 12.1 Å². The molecule has 1 aliphatic rings. The molecule has 0 unspecified atom stereocenters. The van der Waals surface area contributed by atoms with Crippen LogP contribution in [0.25, 0.3) is 6.08 Å². The van der Waals surface area contributed by atoms with Gasteiger partial charge in [0.25, 0.3) is 0 Å². The van der Waals surface area contributed by atoms with Crippen molar-refractivity contribution in [3.05, 3.63) is 107 Å². The van der Waals surface area contributed by atoms with Crippen molar-refractivity contribution in [3.63, 3.8) is 0 Å². The lowest BCUT2D eigenvalue weighted by Gasteiger charge is -2.40. The van der Waals surface area contributed by atoms with E-state index >= 15 is 0 Å². The Hall–Kier alpha value is -3.04. The second-order valence-electron chi connectivity index (χ2n) is 6.66. The molecule has 3 nitrogen and oxygen atoms in total. The van der Waals surface area contributed by atoms with Gasteiger partial charge in [-0.05, 0) is 34.9 Å². The van der Waals surface area contributed by atoms with Gasteiger partial charge in [-0.2, -0.15) is 0 Å². The van der Waals surface area contributed by atoms with E-state index in [-0.39, 0.29) is 12.0 Å². The first-order valence-electron chi connectivity index (χ1n) is 9.13. The van der Waals surface area contributed by atoms with Crippen molar-refractivity contribution in [3.8, 4) is 0 Å². The average molecular weight is 390 g/mol. The fraction of sp³-hybridized carbons (Fsp3) is 0.125. The third-order valence-electron chi connectivity index (χ3n) is 5.00. The SMILES string of the molecule is COC(=O)[C@H](c1ccccc1)N1c2ccccc2C=C[C@@H]1c1ccc(Cl)cc1. The summed E-state index contributed by atoms with van der Waals surface area (Å²) in [4.78, 5) is 15.1. The molecule has 140 valence electrons. The molecule has 0 amide bonds. The number of carbonyl (C=O) groups is 1. The van der Waals surface area contributed by atoms with E-state index in [4.69, 9.17) is 16.3 Å². The highest BCUT2D eigenvalue weighted by molar-refractivity contribution is 6.30. The smallest absolute Gasteiger partial charge is 0.333 e. The maximum atomic E-state index is 12.9. The number of carbonyl (C=O) groups excluding carboxylic acids is 1. The van der Waals surface area contributed by atoms with E-state index in [1.54, 1.807) is 0 Å². The van der Waals surface area contributed by atoms with Crippen LogP contribution in [0.4, 0.5) is 5.69 Å². The van der Waals surface area contributed by atoms with E-state index in [1.807, 2.05) is 72.8 Å². The molecule has 0 N–H and O–H groups in total. The highest BCUT2D eigenvalue weighted by Crippen LogP contribution is 2.42. The number of anilines is 1. The Morgan fingerprint density at radius 1 is 0.964 bits per heavy atom. The van der Waals surface area contributed by atoms with Gasteiger partial charge in [0, 0.05) is 10.7 Å². The topological polar surface area (TPSA) is 29.5 Å². The zero-order chi connectivity index (χ0) is 19.5. The molecule has 3 aromatic rings. The van der Waals surface area contributed by atoms with Crippen molar-refractivity contribution >= 4 is 29.3 Å². The van der Waals surface area contributed by atoms with Gasteiger partial charge in [-0.1, -0.05) is 84.4 Å². The first-order valence-corrected chi connectivity index (χ1v) is 9.50. The second-order valence-corrected chi connectivity index (χ2v) is 7.09. The van der Waals surface area contributed by atoms with Gasteiger partial charge in [0.1, 0.15) is 0 Å². The minimum absolute atomic E-state index is 0.128. The van der Waals surface area contributed by atoms with Crippen LogP contribution in [-0.2, 0) is 9.53 Å². The third kappa shape index (κ3) is 3.41. The van der Waals surface area contributed by atoms with Gasteiger partial charge in [0.05, 0.1) is 13.2 Å². The largest absolute Gasteiger partial charge is 0.467 e. The molecule has 0 radical (unpaired) electrons. The molecule has 4 heteroatoms. The van der Waals surface area contributed by atoms with Crippen LogP contribution in [0.2, 0.25) is 5.02 Å². The minimum atomic E-state index is -0.571. The standard InChI is InChI=1S/C24H20ClNO2/c1-28-24(27)23(19-8-3-2-4-9-19)26-21-10-6-5-7-17(21)13-16-22(26)18-11-14-20(25)15-12-18/h2-16,22-23H,1H3/t22-,23+/m1/s1. The Kier molecular flexibility index (Phi) is 5.18. The highest BCUT2D eigenvalue weighted by atomic mass is 35.5. The lowest BCUT2D eigenvalue weighted by molar-refractivity contribution is -0.142. The third-order valence-corrected chi connectivity index (χ3v) is 5.25. The summed E-state index contributed by atoms with van der Waals surface area (Å²) >= 11 is 6.09. The van der Waals surface area contributed by atoms with Crippen molar-refractivity contribution in [1.82, 2.24) is 0 Å². The molecule has 0 aromatic heterocycles. The molecule has 0 spiro atoms. The number of rotatable bonds is 4. The number of ether oxygens (including phenoxy) is 1. The van der Waals surface area contributed by atoms with Gasteiger partial charge in [-0.3, -0.25) is 0 Å². The maximum Gasteiger partial charge on any atom is 0.333 e. The van der Waals surface area contributed by atoms with E-state index in [2.05, 4.69) is 23.1 Å². The maximum absolute atomic E-state index is 12.9. The summed E-state index contributed by atoms with van der Waals surface area (Å²) in [5, 5.41) is 0.683. The van der Waals surface area contributed by atoms with Crippen molar-refractivity contribution in [2.75, 3.05) is 12.0 Å². The van der Waals surface area contributed by atoms with Crippen molar-refractivity contribution in [1.29, 1.82) is 0 Å². The number of para-hydroxylation sites is 1. The molecule has 0 fully saturated rings. The van der Waals surface area contributed by atoms with Crippen LogP contribution in [0.3, 0.4) is 0 Å². The number of fused-ring (bicyclic) bond motifs is 1. The second kappa shape index (κ2) is 7.91. The molecule has 1 heterocycles. The van der Waals surface area contributed by atoms with Crippen LogP contribution < -0.4 is 4.90 Å². The normalized spacial score (nSPS) is 16.4. The number of hydrogen-bond acceptors (Lipinski definition) is 3. The van der Waals surface area contributed by atoms with Gasteiger partial charge < -0.3 is 9.64 Å². The summed E-state index contributed by atoms with van der Waals surface area (Å²) < 4.78 is 5.21. The van der Waals surface area contributed by atoms with Crippen LogP contribution in [0.5, 0.6) is 0 Å². The molecule has 0 aliphatic carbocycles. The van der Waals surface area contributed by atoms with Gasteiger partial charge in [0.15, 0.2) is 6.04 Å². The molecule has 28 heavy (non-hydrogen) atoms. The molecule has 0 saturated heterocycles. The molecule has 3 aromatic carbocycles. The minimum Gasteiger partial charge on any atom is -0.467 e. The number of benzene rings is 3. The Morgan fingerprint density at radius 3 is 2.36 bits per heavy atom. The molecule has 1 aliphatic heterocycles. The Bertz CT molecular complexity index is 999. The summed E-state index contributed by atoms with van der Waals surface area (Å²) in [5.74, 6) is -0.296. The summed E-state index contributed by atoms with van der Waals surface area (Å²) in [7, 11) is 1.43. The molecular weight excluding hydrogens is 370 g/mol. The fourth-order valence-electron chi connectivity index (χ4n) is 3.69. The number of halogens is 1. The number of hydrogen-bond donors (Lipinski definition) is 0. The Morgan fingerprint density at radius 2 is 1.64 bits per heavy atom. The van der Waals surface area contributed by atoms with Crippen LogP contribution in [-0.4, -0.2) is 13.1 Å². The fourth-order valence-corrected chi connectivity index (χ4v) is 3.82. The first-order chi connectivity index (χ1) is 13.7. The van der Waals surface area contributed by atoms with Crippen molar-refractivity contribution < 1.29 is 9.53 Å². The quantitative estimate of drug-likeness (QED) is 0.526. The highest BCUT2D eigenvalue weighted by Gasteiger charge is 2.36. The predicted octanol–water partition coefficient (Wildman–Crippen LogP) is 5.83. The summed E-state index contributed by atoms with van der Waals surface area (Å²) in [6, 6.07) is 24.9. The molecule has 2 atom stereocenters. The van der Waals surface area contributed by atoms with Gasteiger partial charge >= 0.3 is 5.97 Å². The zero-order valence-electron chi connectivity index (χ0n) is 15.5. The number of methoxy groups -OCH3 is 1. The molecule has 0 saturated carbocycles. The van der Waals surface area contributed by atoms with E-state index < -0.39 is 6.04 Å². The summed E-state index contributed by atoms with van der Waals surface area (Å²) in [6.07, 6.45) is 4.22. The monoisotopic (exact) mass is 389 g/mol.